The number of nitrogens with one attached hydrogen (secondary N) is 3. The van der Waals surface area contributed by atoms with Crippen molar-refractivity contribution in [1.29, 1.82) is 0 Å². The summed E-state index contributed by atoms with van der Waals surface area (Å²) in [5.74, 6) is 0.600. The Morgan fingerprint density at radius 3 is 2.56 bits per heavy atom. The molecule has 0 radical (unpaired) electrons. The van der Waals surface area contributed by atoms with Gasteiger partial charge >= 0.3 is 0 Å². The van der Waals surface area contributed by atoms with Gasteiger partial charge in [-0.05, 0) is 55.7 Å². The van der Waals surface area contributed by atoms with Gasteiger partial charge in [0.2, 0.25) is 0 Å². The molecule has 3 aromatic rings. The third kappa shape index (κ3) is 7.02. The molecule has 1 fully saturated rings. The fraction of sp³-hybridized carbons (Fsp3) is 0.423. The number of H-pyrrole nitrogens is 3. The van der Waals surface area contributed by atoms with Crippen molar-refractivity contribution >= 4 is 24.6 Å². The molecule has 8 nitrogen and oxygen atoms in total. The van der Waals surface area contributed by atoms with Gasteiger partial charge in [-0.2, -0.15) is 0 Å². The largest absolute Gasteiger partial charge is 0.376 e. The lowest BCUT2D eigenvalue weighted by molar-refractivity contribution is -0.0184. The number of ether oxygens (including phenoxy) is 1. The van der Waals surface area contributed by atoms with Gasteiger partial charge in [-0.15, -0.1) is 12.4 Å². The summed E-state index contributed by atoms with van der Waals surface area (Å²) in [6, 6.07) is 5.80. The van der Waals surface area contributed by atoms with Crippen LogP contribution in [0.1, 0.15) is 55.9 Å². The third-order valence-corrected chi connectivity index (χ3v) is 6.03. The molecule has 1 atom stereocenters. The van der Waals surface area contributed by atoms with Crippen LogP contribution in [0.2, 0.25) is 0 Å². The molecule has 1 unspecified atom stereocenters. The Morgan fingerprint density at radius 2 is 1.89 bits per heavy atom. The Kier molecular flexibility index (Phi) is 9.42. The van der Waals surface area contributed by atoms with E-state index in [-0.39, 0.29) is 35.1 Å². The van der Waals surface area contributed by atoms with Gasteiger partial charge in [-0.3, -0.25) is 14.5 Å². The van der Waals surface area contributed by atoms with Crippen molar-refractivity contribution in [2.75, 3.05) is 26.2 Å². The lowest BCUT2D eigenvalue weighted by atomic mass is 10.1. The number of rotatable bonds is 7. The second kappa shape index (κ2) is 12.3. The number of benzene rings is 1. The lowest BCUT2D eigenvalue weighted by Gasteiger charge is -2.30. The summed E-state index contributed by atoms with van der Waals surface area (Å²) in [5, 5.41) is 0.177. The molecule has 1 saturated heterocycles. The molecule has 1 aromatic carbocycles. The number of hydrogen-bond donors (Lipinski definition) is 3. The van der Waals surface area contributed by atoms with Crippen LogP contribution in [0.15, 0.2) is 33.9 Å². The summed E-state index contributed by atoms with van der Waals surface area (Å²) >= 11 is 0. The number of aromatic amines is 3. The van der Waals surface area contributed by atoms with Crippen LogP contribution < -0.4 is 21.8 Å². The monoisotopic (exact) mass is 517 g/mol. The lowest BCUT2D eigenvalue weighted by Crippen LogP contribution is -2.46. The van der Waals surface area contributed by atoms with E-state index in [1.54, 1.807) is 18.2 Å². The van der Waals surface area contributed by atoms with Crippen molar-refractivity contribution in [3.8, 4) is 0 Å². The zero-order valence-electron chi connectivity index (χ0n) is 20.8. The van der Waals surface area contributed by atoms with E-state index in [9.17, 15) is 14.0 Å². The van der Waals surface area contributed by atoms with E-state index < -0.39 is 16.9 Å². The number of morpholine rings is 1. The van der Waals surface area contributed by atoms with E-state index >= 15 is 0 Å². The van der Waals surface area contributed by atoms with Gasteiger partial charge in [-0.1, -0.05) is 26.0 Å². The zero-order valence-corrected chi connectivity index (χ0v) is 21.6. The molecular formula is C26H33ClFN5O3. The van der Waals surface area contributed by atoms with Crippen LogP contribution in [0.3, 0.4) is 0 Å². The first-order valence-corrected chi connectivity index (χ1v) is 12.0. The van der Waals surface area contributed by atoms with E-state index in [2.05, 4.69) is 26.8 Å². The average molecular weight is 518 g/mol. The van der Waals surface area contributed by atoms with Gasteiger partial charge in [0.15, 0.2) is 0 Å². The summed E-state index contributed by atoms with van der Waals surface area (Å²) in [7, 11) is 0. The Labute approximate surface area is 214 Å². The van der Waals surface area contributed by atoms with Crippen molar-refractivity contribution in [3.05, 3.63) is 84.3 Å². The number of halogens is 2. The maximum absolute atomic E-state index is 13.4. The van der Waals surface area contributed by atoms with Gasteiger partial charge in [0.25, 0.3) is 11.1 Å². The number of aromatic nitrogens is 4. The number of nitrogens with zero attached hydrogens (tertiary/aromatic N) is 2. The summed E-state index contributed by atoms with van der Waals surface area (Å²) in [5.41, 5.74) is 1.11. The van der Waals surface area contributed by atoms with E-state index in [0.717, 1.165) is 50.6 Å². The minimum atomic E-state index is -0.471. The van der Waals surface area contributed by atoms with Gasteiger partial charge in [0, 0.05) is 25.2 Å². The molecule has 3 N–H and O–H groups in total. The molecule has 10 heteroatoms. The molecule has 0 spiro atoms. The maximum Gasteiger partial charge on any atom is 0.272 e. The van der Waals surface area contributed by atoms with Crippen LogP contribution >= 0.6 is 12.4 Å². The number of aryl methyl sites for hydroxylation is 1. The van der Waals surface area contributed by atoms with Crippen LogP contribution in [0.5, 0.6) is 0 Å². The quantitative estimate of drug-likeness (QED) is 0.443. The van der Waals surface area contributed by atoms with Crippen LogP contribution in [0.4, 0.5) is 4.39 Å². The molecule has 36 heavy (non-hydrogen) atoms. The molecular weight excluding hydrogens is 485 g/mol. The second-order valence-corrected chi connectivity index (χ2v) is 9.30. The van der Waals surface area contributed by atoms with Crippen molar-refractivity contribution in [2.45, 2.75) is 45.6 Å². The fourth-order valence-electron chi connectivity index (χ4n) is 4.28. The molecule has 2 aromatic heterocycles. The topological polar surface area (TPSA) is 107 Å². The molecule has 1 aliphatic heterocycles. The van der Waals surface area contributed by atoms with Crippen LogP contribution in [-0.4, -0.2) is 57.2 Å². The van der Waals surface area contributed by atoms with Crippen LogP contribution in [0.25, 0.3) is 12.2 Å². The standard InChI is InChI=1S/C26H32FN5O3.ClH/c1-16(2)24-20(28-23(31-24)8-5-9-32-10-11-35-17(3)15-32)14-22-26(34)29-21(25(33)30-22)13-18-6-4-7-19(27)12-18;/h4,6-7,12-14,16-17H,5,8-11,15H2,1-3H3,(H,28,31)(H,29,34)(H,30,33);1H/b21-13-,22-14-;. The SMILES string of the molecule is CC1CN(CCCc2nc(/C=c3\[nH]c(=O)/c(=C/c4cccc(F)c4)[nH]c3=O)c(C(C)C)[nH]2)CCO1.Cl. The normalized spacial score (nSPS) is 17.5. The zero-order chi connectivity index (χ0) is 24.9. The van der Waals surface area contributed by atoms with Crippen molar-refractivity contribution in [1.82, 2.24) is 24.8 Å². The fourth-order valence-corrected chi connectivity index (χ4v) is 4.28. The highest BCUT2D eigenvalue weighted by atomic mass is 35.5. The number of hydrogen-bond acceptors (Lipinski definition) is 5. The molecule has 3 heterocycles. The predicted molar refractivity (Wildman–Crippen MR) is 141 cm³/mol. The Bertz CT molecular complexity index is 1410. The Hall–Kier alpha value is -3.01. The van der Waals surface area contributed by atoms with E-state index in [1.165, 1.54) is 18.2 Å². The minimum Gasteiger partial charge on any atom is -0.376 e. The molecule has 0 aliphatic carbocycles. The number of imidazole rings is 1. The van der Waals surface area contributed by atoms with E-state index in [4.69, 9.17) is 9.72 Å². The first-order valence-electron chi connectivity index (χ1n) is 12.0. The molecule has 194 valence electrons. The van der Waals surface area contributed by atoms with Gasteiger partial charge < -0.3 is 19.7 Å². The van der Waals surface area contributed by atoms with Gasteiger partial charge in [0.05, 0.1) is 18.4 Å². The first-order chi connectivity index (χ1) is 16.8. The average Bonchev–Trinajstić information content (AvgIpc) is 3.20. The minimum absolute atomic E-state index is 0. The Morgan fingerprint density at radius 1 is 1.17 bits per heavy atom. The summed E-state index contributed by atoms with van der Waals surface area (Å²) in [4.78, 5) is 41.1. The Balaban J connectivity index is 0.00000361. The van der Waals surface area contributed by atoms with E-state index in [0.29, 0.717) is 11.3 Å². The molecule has 4 rings (SSSR count). The molecule has 0 saturated carbocycles. The van der Waals surface area contributed by atoms with E-state index in [1.807, 2.05) is 13.8 Å². The van der Waals surface area contributed by atoms with Crippen molar-refractivity contribution in [2.24, 2.45) is 0 Å². The third-order valence-electron chi connectivity index (χ3n) is 6.03. The smallest absolute Gasteiger partial charge is 0.272 e. The highest BCUT2D eigenvalue weighted by molar-refractivity contribution is 5.85. The predicted octanol–water partition coefficient (Wildman–Crippen LogP) is 1.78. The van der Waals surface area contributed by atoms with Crippen molar-refractivity contribution in [3.63, 3.8) is 0 Å². The molecule has 0 bridgehead atoms. The van der Waals surface area contributed by atoms with Crippen LogP contribution in [0, 0.1) is 5.82 Å². The summed E-state index contributed by atoms with van der Waals surface area (Å²) in [6.45, 7) is 9.82. The molecule has 1 aliphatic rings. The molecule has 0 amide bonds. The highest BCUT2D eigenvalue weighted by Crippen LogP contribution is 2.18. The summed E-state index contributed by atoms with van der Waals surface area (Å²) < 4.78 is 19.0. The van der Waals surface area contributed by atoms with Crippen LogP contribution in [-0.2, 0) is 11.2 Å². The van der Waals surface area contributed by atoms with Crippen molar-refractivity contribution < 1.29 is 9.13 Å². The first kappa shape index (κ1) is 27.6. The highest BCUT2D eigenvalue weighted by Gasteiger charge is 2.17. The summed E-state index contributed by atoms with van der Waals surface area (Å²) in [6.07, 6.45) is 5.05. The van der Waals surface area contributed by atoms with Gasteiger partial charge in [0.1, 0.15) is 22.3 Å². The maximum atomic E-state index is 13.4. The van der Waals surface area contributed by atoms with Gasteiger partial charge in [-0.25, -0.2) is 9.37 Å². The second-order valence-electron chi connectivity index (χ2n) is 9.30.